The largest absolute Gasteiger partial charge is 0.420 e. The van der Waals surface area contributed by atoms with Crippen LogP contribution in [-0.2, 0) is 6.18 Å². The van der Waals surface area contributed by atoms with Gasteiger partial charge in [0.25, 0.3) is 0 Å². The molecule has 0 amide bonds. The van der Waals surface area contributed by atoms with Crippen LogP contribution in [0.25, 0.3) is 0 Å². The lowest BCUT2D eigenvalue weighted by molar-refractivity contribution is -0.142. The van der Waals surface area contributed by atoms with Crippen LogP contribution in [-0.4, -0.2) is 0 Å². The number of halogens is 6. The van der Waals surface area contributed by atoms with E-state index in [0.717, 1.165) is 24.3 Å². The Hall–Kier alpha value is -2.03. The molecule has 0 fully saturated rings. The van der Waals surface area contributed by atoms with Gasteiger partial charge in [0, 0.05) is 4.90 Å². The molecule has 0 aliphatic carbocycles. The van der Waals surface area contributed by atoms with Crippen LogP contribution in [0.15, 0.2) is 35.2 Å². The maximum Gasteiger partial charge on any atom is 0.420 e. The molecule has 0 saturated carbocycles. The van der Waals surface area contributed by atoms with Crippen molar-refractivity contribution in [2.24, 2.45) is 0 Å². The molecule has 2 aromatic rings. The Balaban J connectivity index is 2.30. The summed E-state index contributed by atoms with van der Waals surface area (Å²) in [5.74, 6) is -3.58. The van der Waals surface area contributed by atoms with Gasteiger partial charge in [0.05, 0.1) is 5.69 Å². The van der Waals surface area contributed by atoms with Crippen molar-refractivity contribution in [1.82, 2.24) is 0 Å². The number of benzene rings is 2. The fourth-order valence-electron chi connectivity index (χ4n) is 1.62. The van der Waals surface area contributed by atoms with Gasteiger partial charge in [-0.2, -0.15) is 13.2 Å². The number of alkyl halides is 3. The molecule has 0 aromatic heterocycles. The number of nitrogen functional groups attached to an aromatic ring is 1. The predicted octanol–water partition coefficient (Wildman–Crippen LogP) is 4.82. The first-order valence-electron chi connectivity index (χ1n) is 5.74. The predicted molar refractivity (Wildman–Crippen MR) is 71.7 cm³/mol. The van der Waals surface area contributed by atoms with Crippen LogP contribution in [0.5, 0.6) is 0 Å². The van der Waals surface area contributed by atoms with Crippen LogP contribution >= 0.6 is 11.9 Å². The van der Waals surface area contributed by atoms with Gasteiger partial charge in [-0.05, 0) is 36.2 Å². The Morgan fingerprint density at radius 1 is 0.955 bits per heavy atom. The van der Waals surface area contributed by atoms with Crippen molar-refractivity contribution in [3.8, 4) is 0 Å². The number of nitrogens with two attached hydrogens (primary N) is 1. The van der Waals surface area contributed by atoms with Gasteiger partial charge < -0.3 is 10.5 Å². The Kier molecular flexibility index (Phi) is 4.45. The van der Waals surface area contributed by atoms with Gasteiger partial charge in [-0.3, -0.25) is 0 Å². The number of hydrogen-bond donors (Lipinski definition) is 2. The fourth-order valence-corrected chi connectivity index (χ4v) is 2.46. The Morgan fingerprint density at radius 2 is 1.64 bits per heavy atom. The summed E-state index contributed by atoms with van der Waals surface area (Å²) in [5, 5.41) is 0. The average Bonchev–Trinajstić information content (AvgIpc) is 2.42. The topological polar surface area (TPSA) is 38.0 Å². The summed E-state index contributed by atoms with van der Waals surface area (Å²) in [6.07, 6.45) is -4.91. The zero-order valence-corrected chi connectivity index (χ0v) is 11.5. The highest BCUT2D eigenvalue weighted by atomic mass is 32.2. The SMILES string of the molecule is Nc1c(F)ccc(NSc2cccc(F)c2C(F)(F)F)c1F. The third-order valence-electron chi connectivity index (χ3n) is 2.66. The maximum absolute atomic E-state index is 13.6. The van der Waals surface area contributed by atoms with Crippen molar-refractivity contribution in [2.75, 3.05) is 10.5 Å². The smallest absolute Gasteiger partial charge is 0.394 e. The normalized spacial score (nSPS) is 11.5. The molecule has 0 unspecified atom stereocenters. The molecule has 3 N–H and O–H groups in total. The highest BCUT2D eigenvalue weighted by molar-refractivity contribution is 8.00. The quantitative estimate of drug-likeness (QED) is 0.478. The van der Waals surface area contributed by atoms with Gasteiger partial charge in [-0.1, -0.05) is 6.07 Å². The van der Waals surface area contributed by atoms with Gasteiger partial charge in [0.15, 0.2) is 5.82 Å². The Morgan fingerprint density at radius 3 is 2.27 bits per heavy atom. The lowest BCUT2D eigenvalue weighted by Crippen LogP contribution is -2.10. The standard InChI is InChI=1S/C13H8F6N2S/c14-6-2-1-3-9(10(6)13(17,18)19)22-21-8-5-4-7(15)12(20)11(8)16/h1-5,21H,20H2. The summed E-state index contributed by atoms with van der Waals surface area (Å²) in [5.41, 5.74) is 2.58. The molecule has 0 saturated heterocycles. The molecule has 0 heterocycles. The molecule has 22 heavy (non-hydrogen) atoms. The first-order chi connectivity index (χ1) is 10.2. The number of rotatable bonds is 3. The van der Waals surface area contributed by atoms with Gasteiger partial charge in [0.2, 0.25) is 0 Å². The van der Waals surface area contributed by atoms with E-state index in [9.17, 15) is 26.3 Å². The molecular formula is C13H8F6N2S. The molecule has 2 nitrogen and oxygen atoms in total. The van der Waals surface area contributed by atoms with Gasteiger partial charge >= 0.3 is 6.18 Å². The number of anilines is 2. The first kappa shape index (κ1) is 16.3. The van der Waals surface area contributed by atoms with Crippen LogP contribution in [0.1, 0.15) is 5.56 Å². The number of hydrogen-bond acceptors (Lipinski definition) is 3. The van der Waals surface area contributed by atoms with E-state index < -0.39 is 39.8 Å². The Labute approximate surface area is 125 Å². The minimum absolute atomic E-state index is 0.318. The minimum Gasteiger partial charge on any atom is -0.394 e. The van der Waals surface area contributed by atoms with E-state index in [1.54, 1.807) is 0 Å². The average molecular weight is 338 g/mol. The van der Waals surface area contributed by atoms with E-state index in [2.05, 4.69) is 4.72 Å². The van der Waals surface area contributed by atoms with Gasteiger partial charge in [0.1, 0.15) is 22.9 Å². The molecule has 0 bridgehead atoms. The highest BCUT2D eigenvalue weighted by Crippen LogP contribution is 2.39. The van der Waals surface area contributed by atoms with E-state index in [-0.39, 0.29) is 5.69 Å². The van der Waals surface area contributed by atoms with Gasteiger partial charge in [-0.15, -0.1) is 0 Å². The van der Waals surface area contributed by atoms with Crippen molar-refractivity contribution >= 4 is 23.3 Å². The fraction of sp³-hybridized carbons (Fsp3) is 0.0769. The molecule has 0 spiro atoms. The summed E-state index contributed by atoms with van der Waals surface area (Å²) >= 11 is 0.342. The molecule has 9 heteroatoms. The van der Waals surface area contributed by atoms with E-state index in [4.69, 9.17) is 5.73 Å². The second-order valence-electron chi connectivity index (χ2n) is 4.14. The summed E-state index contributed by atoms with van der Waals surface area (Å²) in [4.78, 5) is -0.491. The molecule has 0 radical (unpaired) electrons. The van der Waals surface area contributed by atoms with E-state index in [1.807, 2.05) is 0 Å². The Bertz CT molecular complexity index is 702. The van der Waals surface area contributed by atoms with Crippen LogP contribution < -0.4 is 10.5 Å². The summed E-state index contributed by atoms with van der Waals surface area (Å²) in [7, 11) is 0. The van der Waals surface area contributed by atoms with Crippen molar-refractivity contribution in [2.45, 2.75) is 11.1 Å². The van der Waals surface area contributed by atoms with Crippen LogP contribution in [0, 0.1) is 17.5 Å². The first-order valence-corrected chi connectivity index (χ1v) is 6.55. The van der Waals surface area contributed by atoms with Crippen LogP contribution in [0.4, 0.5) is 37.7 Å². The molecular weight excluding hydrogens is 330 g/mol. The van der Waals surface area contributed by atoms with Crippen LogP contribution in [0.2, 0.25) is 0 Å². The van der Waals surface area contributed by atoms with E-state index >= 15 is 0 Å². The monoisotopic (exact) mass is 338 g/mol. The lowest BCUT2D eigenvalue weighted by atomic mass is 10.2. The van der Waals surface area contributed by atoms with Crippen molar-refractivity contribution in [1.29, 1.82) is 0 Å². The molecule has 2 rings (SSSR count). The second kappa shape index (κ2) is 5.99. The van der Waals surface area contributed by atoms with E-state index in [0.29, 0.717) is 18.0 Å². The molecule has 2 aromatic carbocycles. The highest BCUT2D eigenvalue weighted by Gasteiger charge is 2.37. The summed E-state index contributed by atoms with van der Waals surface area (Å²) < 4.78 is 80.7. The molecule has 118 valence electrons. The lowest BCUT2D eigenvalue weighted by Gasteiger charge is -2.14. The van der Waals surface area contributed by atoms with Gasteiger partial charge in [-0.25, -0.2) is 13.2 Å². The van der Waals surface area contributed by atoms with Crippen molar-refractivity contribution < 1.29 is 26.3 Å². The number of nitrogens with one attached hydrogen (secondary N) is 1. The third kappa shape index (κ3) is 3.24. The zero-order valence-electron chi connectivity index (χ0n) is 10.6. The van der Waals surface area contributed by atoms with Crippen LogP contribution in [0.3, 0.4) is 0 Å². The summed E-state index contributed by atoms with van der Waals surface area (Å²) in [6.45, 7) is 0. The van der Waals surface area contributed by atoms with E-state index in [1.165, 1.54) is 0 Å². The minimum atomic E-state index is -4.91. The zero-order chi connectivity index (χ0) is 16.5. The molecule has 0 aliphatic rings. The third-order valence-corrected chi connectivity index (χ3v) is 3.54. The molecule has 0 atom stereocenters. The second-order valence-corrected chi connectivity index (χ2v) is 4.99. The van der Waals surface area contributed by atoms with Crippen molar-refractivity contribution in [3.05, 3.63) is 53.3 Å². The molecule has 0 aliphatic heterocycles. The maximum atomic E-state index is 13.6. The van der Waals surface area contributed by atoms with Crippen molar-refractivity contribution in [3.63, 3.8) is 0 Å². The summed E-state index contributed by atoms with van der Waals surface area (Å²) in [6, 6.07) is 4.61.